The fourth-order valence-electron chi connectivity index (χ4n) is 2.46. The molecule has 2 aromatic heterocycles. The maximum absolute atomic E-state index is 5.62. The van der Waals surface area contributed by atoms with E-state index in [0.29, 0.717) is 6.54 Å². The summed E-state index contributed by atoms with van der Waals surface area (Å²) in [6, 6.07) is 3.99. The Bertz CT molecular complexity index is 527. The molecule has 0 unspecified atom stereocenters. The summed E-state index contributed by atoms with van der Waals surface area (Å²) in [7, 11) is 0. The van der Waals surface area contributed by atoms with Crippen molar-refractivity contribution in [2.45, 2.75) is 25.8 Å². The molecule has 1 saturated heterocycles. The van der Waals surface area contributed by atoms with E-state index in [4.69, 9.17) is 5.73 Å². The van der Waals surface area contributed by atoms with Crippen molar-refractivity contribution in [3.8, 4) is 0 Å². The first-order valence-corrected chi connectivity index (χ1v) is 6.62. The van der Waals surface area contributed by atoms with Crippen LogP contribution in [0.25, 0.3) is 5.65 Å². The van der Waals surface area contributed by atoms with E-state index in [1.807, 2.05) is 22.8 Å². The van der Waals surface area contributed by atoms with Crippen molar-refractivity contribution in [3.63, 3.8) is 0 Å². The summed E-state index contributed by atoms with van der Waals surface area (Å²) in [6.07, 6.45) is 5.55. The Morgan fingerprint density at radius 2 is 2.06 bits per heavy atom. The molecule has 0 aliphatic carbocycles. The number of hydrogen-bond acceptors (Lipinski definition) is 4. The van der Waals surface area contributed by atoms with Gasteiger partial charge in [-0.1, -0.05) is 6.07 Å². The van der Waals surface area contributed by atoms with Crippen molar-refractivity contribution < 1.29 is 0 Å². The highest BCUT2D eigenvalue weighted by Gasteiger charge is 2.12. The molecular weight excluding hydrogens is 226 g/mol. The lowest BCUT2D eigenvalue weighted by molar-refractivity contribution is 0.341. The molecule has 3 rings (SSSR count). The standard InChI is InChI=1S/C13H19N5/c14-9-11-3-4-13-15-12(16-18(13)10-11)5-8-17-6-1-2-7-17/h3-4,10H,1-2,5-9,14H2. The largest absolute Gasteiger partial charge is 0.326 e. The summed E-state index contributed by atoms with van der Waals surface area (Å²) in [5.74, 6) is 0.927. The lowest BCUT2D eigenvalue weighted by Crippen LogP contribution is -2.22. The Hall–Kier alpha value is -1.46. The lowest BCUT2D eigenvalue weighted by atomic mass is 10.3. The Balaban J connectivity index is 1.72. The van der Waals surface area contributed by atoms with Gasteiger partial charge in [-0.25, -0.2) is 9.50 Å². The van der Waals surface area contributed by atoms with E-state index in [2.05, 4.69) is 15.0 Å². The number of likely N-dealkylation sites (tertiary alicyclic amines) is 1. The Morgan fingerprint density at radius 3 is 2.83 bits per heavy atom. The van der Waals surface area contributed by atoms with Crippen molar-refractivity contribution in [2.75, 3.05) is 19.6 Å². The molecule has 0 radical (unpaired) electrons. The summed E-state index contributed by atoms with van der Waals surface area (Å²) in [6.45, 7) is 4.06. The van der Waals surface area contributed by atoms with E-state index < -0.39 is 0 Å². The van der Waals surface area contributed by atoms with Gasteiger partial charge in [0, 0.05) is 25.7 Å². The minimum atomic E-state index is 0.541. The maximum Gasteiger partial charge on any atom is 0.155 e. The zero-order valence-electron chi connectivity index (χ0n) is 10.5. The maximum atomic E-state index is 5.62. The van der Waals surface area contributed by atoms with Gasteiger partial charge in [-0.3, -0.25) is 0 Å². The first-order chi connectivity index (χ1) is 8.85. The molecule has 18 heavy (non-hydrogen) atoms. The SMILES string of the molecule is NCc1ccc2nc(CCN3CCCC3)nn2c1. The van der Waals surface area contributed by atoms with Gasteiger partial charge in [-0.15, -0.1) is 0 Å². The topological polar surface area (TPSA) is 59.5 Å². The highest BCUT2D eigenvalue weighted by Crippen LogP contribution is 2.09. The van der Waals surface area contributed by atoms with Gasteiger partial charge in [0.15, 0.2) is 11.5 Å². The molecule has 0 atom stereocenters. The molecule has 0 aromatic carbocycles. The third-order valence-electron chi connectivity index (χ3n) is 3.52. The average Bonchev–Trinajstić information content (AvgIpc) is 3.04. The van der Waals surface area contributed by atoms with Crippen LogP contribution < -0.4 is 5.73 Å². The smallest absolute Gasteiger partial charge is 0.155 e. The van der Waals surface area contributed by atoms with Gasteiger partial charge in [0.05, 0.1) is 0 Å². The Kier molecular flexibility index (Phi) is 3.25. The second-order valence-corrected chi connectivity index (χ2v) is 4.87. The van der Waals surface area contributed by atoms with Gasteiger partial charge in [-0.05, 0) is 37.6 Å². The van der Waals surface area contributed by atoms with Gasteiger partial charge >= 0.3 is 0 Å². The van der Waals surface area contributed by atoms with E-state index in [1.165, 1.54) is 25.9 Å². The quantitative estimate of drug-likeness (QED) is 0.866. The molecule has 0 amide bonds. The third kappa shape index (κ3) is 2.37. The molecule has 1 fully saturated rings. The van der Waals surface area contributed by atoms with E-state index in [1.54, 1.807) is 0 Å². The van der Waals surface area contributed by atoms with E-state index in [9.17, 15) is 0 Å². The highest BCUT2D eigenvalue weighted by molar-refractivity contribution is 5.38. The Labute approximate surface area is 107 Å². The van der Waals surface area contributed by atoms with Crippen LogP contribution in [0.3, 0.4) is 0 Å². The van der Waals surface area contributed by atoms with Crippen LogP contribution in [0.4, 0.5) is 0 Å². The van der Waals surface area contributed by atoms with Crippen LogP contribution in [0.1, 0.15) is 24.2 Å². The number of rotatable bonds is 4. The monoisotopic (exact) mass is 245 g/mol. The molecule has 2 N–H and O–H groups in total. The van der Waals surface area contributed by atoms with Crippen LogP contribution in [0, 0.1) is 0 Å². The first kappa shape index (κ1) is 11.6. The Morgan fingerprint density at radius 1 is 1.22 bits per heavy atom. The summed E-state index contributed by atoms with van der Waals surface area (Å²) < 4.78 is 1.83. The van der Waals surface area contributed by atoms with E-state index in [-0.39, 0.29) is 0 Å². The molecular formula is C13H19N5. The molecule has 96 valence electrons. The van der Waals surface area contributed by atoms with Gasteiger partial charge in [-0.2, -0.15) is 5.10 Å². The average molecular weight is 245 g/mol. The minimum absolute atomic E-state index is 0.541. The highest BCUT2D eigenvalue weighted by atomic mass is 15.3. The predicted molar refractivity (Wildman–Crippen MR) is 70.3 cm³/mol. The normalized spacial score (nSPS) is 16.7. The number of pyridine rings is 1. The van der Waals surface area contributed by atoms with Crippen LogP contribution in [0.5, 0.6) is 0 Å². The molecule has 2 aromatic rings. The van der Waals surface area contributed by atoms with Crippen molar-refractivity contribution in [1.82, 2.24) is 19.5 Å². The van der Waals surface area contributed by atoms with Crippen LogP contribution >= 0.6 is 0 Å². The predicted octanol–water partition coefficient (Wildman–Crippen LogP) is 0.826. The zero-order chi connectivity index (χ0) is 12.4. The summed E-state index contributed by atoms with van der Waals surface area (Å²) in [5.41, 5.74) is 7.61. The van der Waals surface area contributed by atoms with Crippen LogP contribution in [-0.2, 0) is 13.0 Å². The first-order valence-electron chi connectivity index (χ1n) is 6.62. The van der Waals surface area contributed by atoms with Gasteiger partial charge in [0.2, 0.25) is 0 Å². The second kappa shape index (κ2) is 5.04. The van der Waals surface area contributed by atoms with Gasteiger partial charge < -0.3 is 10.6 Å². The van der Waals surface area contributed by atoms with Crippen molar-refractivity contribution >= 4 is 5.65 Å². The van der Waals surface area contributed by atoms with Gasteiger partial charge in [0.25, 0.3) is 0 Å². The summed E-state index contributed by atoms with van der Waals surface area (Å²) in [5, 5.41) is 4.51. The molecule has 3 heterocycles. The number of nitrogens with zero attached hydrogens (tertiary/aromatic N) is 4. The lowest BCUT2D eigenvalue weighted by Gasteiger charge is -2.12. The minimum Gasteiger partial charge on any atom is -0.326 e. The molecule has 5 nitrogen and oxygen atoms in total. The van der Waals surface area contributed by atoms with E-state index in [0.717, 1.165) is 30.0 Å². The van der Waals surface area contributed by atoms with Crippen LogP contribution in [0.2, 0.25) is 0 Å². The summed E-state index contributed by atoms with van der Waals surface area (Å²) >= 11 is 0. The van der Waals surface area contributed by atoms with E-state index >= 15 is 0 Å². The molecule has 0 saturated carbocycles. The molecule has 0 spiro atoms. The summed E-state index contributed by atoms with van der Waals surface area (Å²) in [4.78, 5) is 7.02. The number of fused-ring (bicyclic) bond motifs is 1. The molecule has 5 heteroatoms. The number of hydrogen-bond donors (Lipinski definition) is 1. The fraction of sp³-hybridized carbons (Fsp3) is 0.538. The number of nitrogens with two attached hydrogens (primary N) is 1. The van der Waals surface area contributed by atoms with Crippen LogP contribution in [0.15, 0.2) is 18.3 Å². The molecule has 1 aliphatic rings. The zero-order valence-corrected chi connectivity index (χ0v) is 10.5. The van der Waals surface area contributed by atoms with Crippen molar-refractivity contribution in [1.29, 1.82) is 0 Å². The van der Waals surface area contributed by atoms with Crippen molar-refractivity contribution in [3.05, 3.63) is 29.7 Å². The fourth-order valence-corrected chi connectivity index (χ4v) is 2.46. The van der Waals surface area contributed by atoms with Gasteiger partial charge in [0.1, 0.15) is 0 Å². The number of aromatic nitrogens is 3. The third-order valence-corrected chi connectivity index (χ3v) is 3.52. The molecule has 1 aliphatic heterocycles. The molecule has 0 bridgehead atoms. The second-order valence-electron chi connectivity index (χ2n) is 4.87. The van der Waals surface area contributed by atoms with Crippen molar-refractivity contribution in [2.24, 2.45) is 5.73 Å². The van der Waals surface area contributed by atoms with Crippen LogP contribution in [-0.4, -0.2) is 39.1 Å².